The first-order valence-electron chi connectivity index (χ1n) is 6.54. The molecule has 0 saturated carbocycles. The molecule has 0 bridgehead atoms. The molecule has 0 aliphatic carbocycles. The van der Waals surface area contributed by atoms with Crippen LogP contribution in [0.2, 0.25) is 0 Å². The number of hydrogen-bond acceptors (Lipinski definition) is 3. The maximum Gasteiger partial charge on any atom is 0.0271 e. The van der Waals surface area contributed by atoms with Crippen molar-refractivity contribution in [1.29, 1.82) is 0 Å². The summed E-state index contributed by atoms with van der Waals surface area (Å²) in [6.45, 7) is 9.57. The molecule has 0 aliphatic heterocycles. The van der Waals surface area contributed by atoms with E-state index in [9.17, 15) is 0 Å². The fourth-order valence-electron chi connectivity index (χ4n) is 1.83. The third kappa shape index (κ3) is 4.84. The molecule has 96 valence electrons. The van der Waals surface area contributed by atoms with Gasteiger partial charge in [0.15, 0.2) is 0 Å². The quantitative estimate of drug-likeness (QED) is 0.788. The van der Waals surface area contributed by atoms with Gasteiger partial charge in [-0.25, -0.2) is 0 Å². The second-order valence-corrected chi connectivity index (χ2v) is 4.73. The Morgan fingerprint density at radius 1 is 1.29 bits per heavy atom. The molecule has 0 saturated heterocycles. The van der Waals surface area contributed by atoms with Crippen molar-refractivity contribution in [2.24, 2.45) is 11.7 Å². The zero-order valence-corrected chi connectivity index (χ0v) is 11.3. The van der Waals surface area contributed by atoms with E-state index < -0.39 is 0 Å². The largest absolute Gasteiger partial charge is 0.326 e. The number of rotatable bonds is 7. The average Bonchev–Trinajstić information content (AvgIpc) is 2.38. The number of likely N-dealkylation sites (N-methyl/N-ethyl adjacent to an activating group) is 1. The van der Waals surface area contributed by atoms with Crippen LogP contribution in [0.25, 0.3) is 0 Å². The SMILES string of the molecule is CC[C@H](C)[C@H](N)CN(CC)Cc1ccncc1. The van der Waals surface area contributed by atoms with Crippen molar-refractivity contribution in [3.8, 4) is 0 Å². The Morgan fingerprint density at radius 2 is 1.94 bits per heavy atom. The molecule has 3 nitrogen and oxygen atoms in total. The van der Waals surface area contributed by atoms with Crippen LogP contribution < -0.4 is 5.73 Å². The molecule has 0 unspecified atom stereocenters. The Morgan fingerprint density at radius 3 is 2.47 bits per heavy atom. The van der Waals surface area contributed by atoms with Gasteiger partial charge >= 0.3 is 0 Å². The summed E-state index contributed by atoms with van der Waals surface area (Å²) in [6, 6.07) is 4.40. The molecule has 0 spiro atoms. The van der Waals surface area contributed by atoms with Gasteiger partial charge in [0.05, 0.1) is 0 Å². The molecule has 0 fully saturated rings. The number of pyridine rings is 1. The fraction of sp³-hybridized carbons (Fsp3) is 0.643. The Balaban J connectivity index is 2.49. The molecule has 1 aromatic heterocycles. The molecule has 1 heterocycles. The maximum atomic E-state index is 6.20. The van der Waals surface area contributed by atoms with Crippen LogP contribution in [-0.2, 0) is 6.54 Å². The lowest BCUT2D eigenvalue weighted by molar-refractivity contribution is 0.234. The van der Waals surface area contributed by atoms with Crippen LogP contribution in [0.15, 0.2) is 24.5 Å². The summed E-state index contributed by atoms with van der Waals surface area (Å²) in [6.07, 6.45) is 4.84. The lowest BCUT2D eigenvalue weighted by Gasteiger charge is -2.27. The normalized spacial score (nSPS) is 14.9. The summed E-state index contributed by atoms with van der Waals surface area (Å²) in [7, 11) is 0. The van der Waals surface area contributed by atoms with Gasteiger partial charge in [-0.1, -0.05) is 27.2 Å². The molecule has 2 N–H and O–H groups in total. The smallest absolute Gasteiger partial charge is 0.0271 e. The van der Waals surface area contributed by atoms with Crippen molar-refractivity contribution in [2.45, 2.75) is 39.8 Å². The monoisotopic (exact) mass is 235 g/mol. The Hall–Kier alpha value is -0.930. The summed E-state index contributed by atoms with van der Waals surface area (Å²) in [5, 5.41) is 0. The van der Waals surface area contributed by atoms with E-state index in [0.29, 0.717) is 5.92 Å². The second kappa shape index (κ2) is 7.41. The lowest BCUT2D eigenvalue weighted by atomic mass is 9.99. The maximum absolute atomic E-state index is 6.20. The van der Waals surface area contributed by atoms with Gasteiger partial charge in [-0.05, 0) is 30.2 Å². The molecule has 2 atom stereocenters. The van der Waals surface area contributed by atoms with Crippen LogP contribution in [-0.4, -0.2) is 29.0 Å². The van der Waals surface area contributed by atoms with Crippen LogP contribution in [0.5, 0.6) is 0 Å². The van der Waals surface area contributed by atoms with E-state index in [4.69, 9.17) is 5.73 Å². The predicted octanol–water partition coefficient (Wildman–Crippen LogP) is 2.28. The first-order chi connectivity index (χ1) is 8.17. The first kappa shape index (κ1) is 14.1. The third-order valence-electron chi connectivity index (χ3n) is 3.45. The van der Waals surface area contributed by atoms with E-state index in [1.807, 2.05) is 12.4 Å². The van der Waals surface area contributed by atoms with Gasteiger partial charge in [-0.2, -0.15) is 0 Å². The summed E-state index contributed by atoms with van der Waals surface area (Å²) >= 11 is 0. The highest BCUT2D eigenvalue weighted by Gasteiger charge is 2.14. The van der Waals surface area contributed by atoms with E-state index in [-0.39, 0.29) is 6.04 Å². The average molecular weight is 235 g/mol. The van der Waals surface area contributed by atoms with E-state index in [2.05, 4.69) is 42.8 Å². The molecule has 0 amide bonds. The summed E-state index contributed by atoms with van der Waals surface area (Å²) in [5.74, 6) is 0.585. The van der Waals surface area contributed by atoms with Crippen molar-refractivity contribution >= 4 is 0 Å². The van der Waals surface area contributed by atoms with E-state index in [0.717, 1.165) is 26.1 Å². The molecule has 3 heteroatoms. The summed E-state index contributed by atoms with van der Waals surface area (Å²) in [4.78, 5) is 6.43. The second-order valence-electron chi connectivity index (χ2n) is 4.73. The fourth-order valence-corrected chi connectivity index (χ4v) is 1.83. The zero-order valence-electron chi connectivity index (χ0n) is 11.3. The predicted molar refractivity (Wildman–Crippen MR) is 72.6 cm³/mol. The van der Waals surface area contributed by atoms with Gasteiger partial charge in [0.25, 0.3) is 0 Å². The highest BCUT2D eigenvalue weighted by Crippen LogP contribution is 2.09. The Kier molecular flexibility index (Phi) is 6.16. The van der Waals surface area contributed by atoms with Crippen LogP contribution in [0.3, 0.4) is 0 Å². The third-order valence-corrected chi connectivity index (χ3v) is 3.45. The van der Waals surface area contributed by atoms with Crippen molar-refractivity contribution in [1.82, 2.24) is 9.88 Å². The number of hydrogen-bond donors (Lipinski definition) is 1. The van der Waals surface area contributed by atoms with Crippen LogP contribution in [0.4, 0.5) is 0 Å². The first-order valence-corrected chi connectivity index (χ1v) is 6.54. The van der Waals surface area contributed by atoms with Crippen molar-refractivity contribution in [3.63, 3.8) is 0 Å². The van der Waals surface area contributed by atoms with Gasteiger partial charge < -0.3 is 5.73 Å². The number of nitrogens with two attached hydrogens (primary N) is 1. The van der Waals surface area contributed by atoms with Crippen LogP contribution in [0.1, 0.15) is 32.8 Å². The molecule has 0 aromatic carbocycles. The minimum Gasteiger partial charge on any atom is -0.326 e. The van der Waals surface area contributed by atoms with E-state index in [1.165, 1.54) is 5.56 Å². The Labute approximate surface area is 105 Å². The lowest BCUT2D eigenvalue weighted by Crippen LogP contribution is -2.41. The molecule has 17 heavy (non-hydrogen) atoms. The van der Waals surface area contributed by atoms with Gasteiger partial charge in [0.2, 0.25) is 0 Å². The Bertz CT molecular complexity index is 300. The minimum absolute atomic E-state index is 0.266. The molecule has 0 radical (unpaired) electrons. The van der Waals surface area contributed by atoms with Gasteiger partial charge in [-0.15, -0.1) is 0 Å². The van der Waals surface area contributed by atoms with Crippen molar-refractivity contribution in [3.05, 3.63) is 30.1 Å². The molecule has 0 aliphatic rings. The molecular formula is C14H25N3. The van der Waals surface area contributed by atoms with Crippen molar-refractivity contribution in [2.75, 3.05) is 13.1 Å². The topological polar surface area (TPSA) is 42.1 Å². The standard InChI is InChI=1S/C14H25N3/c1-4-12(3)14(15)11-17(5-2)10-13-6-8-16-9-7-13/h6-9,12,14H,4-5,10-11,15H2,1-3H3/t12-,14+/m0/s1. The van der Waals surface area contributed by atoms with E-state index in [1.54, 1.807) is 0 Å². The number of nitrogens with zero attached hydrogens (tertiary/aromatic N) is 2. The van der Waals surface area contributed by atoms with Crippen LogP contribution in [0, 0.1) is 5.92 Å². The van der Waals surface area contributed by atoms with Gasteiger partial charge in [0.1, 0.15) is 0 Å². The highest BCUT2D eigenvalue weighted by molar-refractivity contribution is 5.09. The summed E-state index contributed by atoms with van der Waals surface area (Å²) in [5.41, 5.74) is 7.51. The zero-order chi connectivity index (χ0) is 12.7. The highest BCUT2D eigenvalue weighted by atomic mass is 15.1. The van der Waals surface area contributed by atoms with Crippen LogP contribution >= 0.6 is 0 Å². The molecule has 1 aromatic rings. The minimum atomic E-state index is 0.266. The van der Waals surface area contributed by atoms with Crippen molar-refractivity contribution < 1.29 is 0 Å². The molecule has 1 rings (SSSR count). The summed E-state index contributed by atoms with van der Waals surface area (Å²) < 4.78 is 0. The van der Waals surface area contributed by atoms with Gasteiger partial charge in [0, 0.05) is 31.5 Å². The van der Waals surface area contributed by atoms with E-state index >= 15 is 0 Å². The number of aromatic nitrogens is 1. The van der Waals surface area contributed by atoms with Gasteiger partial charge in [-0.3, -0.25) is 9.88 Å². The molecular weight excluding hydrogens is 210 g/mol.